The molecular formula is C18H23BrN6O. The van der Waals surface area contributed by atoms with Gasteiger partial charge >= 0.3 is 0 Å². The summed E-state index contributed by atoms with van der Waals surface area (Å²) in [4.78, 5) is 22.2. The van der Waals surface area contributed by atoms with Crippen molar-refractivity contribution in [3.8, 4) is 0 Å². The van der Waals surface area contributed by atoms with Crippen LogP contribution in [0.4, 0.5) is 0 Å². The first kappa shape index (κ1) is 20.0. The Morgan fingerprint density at radius 2 is 2.23 bits per heavy atom. The Balaban J connectivity index is 2.47. The number of nitrogens with zero attached hydrogens (tertiary/aromatic N) is 6. The fourth-order valence-corrected chi connectivity index (χ4v) is 3.17. The molecule has 0 amide bonds. The van der Waals surface area contributed by atoms with Crippen molar-refractivity contribution >= 4 is 32.6 Å². The lowest BCUT2D eigenvalue weighted by Gasteiger charge is -2.11. The van der Waals surface area contributed by atoms with E-state index >= 15 is 0 Å². The number of rotatable bonds is 8. The molecule has 26 heavy (non-hydrogen) atoms. The van der Waals surface area contributed by atoms with Gasteiger partial charge in [-0.15, -0.1) is 0 Å². The van der Waals surface area contributed by atoms with Gasteiger partial charge in [0.15, 0.2) is 5.78 Å². The summed E-state index contributed by atoms with van der Waals surface area (Å²) < 4.78 is 2.76. The van der Waals surface area contributed by atoms with E-state index in [0.29, 0.717) is 35.1 Å². The number of fused-ring (bicyclic) bond motifs is 1. The topological polar surface area (TPSA) is 86.9 Å². The van der Waals surface area contributed by atoms with Gasteiger partial charge in [0.2, 0.25) is 0 Å². The zero-order valence-electron chi connectivity index (χ0n) is 15.5. The Morgan fingerprint density at radius 1 is 1.50 bits per heavy atom. The van der Waals surface area contributed by atoms with Gasteiger partial charge in [0, 0.05) is 60.5 Å². The largest absolute Gasteiger partial charge is 0.383 e. The number of halogens is 1. The van der Waals surface area contributed by atoms with Gasteiger partial charge in [-0.25, -0.2) is 4.98 Å². The maximum Gasteiger partial charge on any atom is 0.192 e. The molecule has 0 saturated heterocycles. The lowest BCUT2D eigenvalue weighted by molar-refractivity contribution is 0.103. The van der Waals surface area contributed by atoms with E-state index in [1.165, 1.54) is 0 Å². The standard InChI is InChI=1S/C18H23BrN6O/c1-12(2)25-11-15(14-8-17(19)21-9-16(14)25)18(26)13(10-24(3)4)6-5-7-22-23-20/h8-12H,5-7H2,1-4H3/b13-10+. The maximum absolute atomic E-state index is 13.3. The molecule has 0 aliphatic heterocycles. The second-order valence-electron chi connectivity index (χ2n) is 6.57. The van der Waals surface area contributed by atoms with E-state index in [2.05, 4.69) is 49.4 Å². The van der Waals surface area contributed by atoms with Crippen molar-refractivity contribution in [2.75, 3.05) is 20.6 Å². The summed E-state index contributed by atoms with van der Waals surface area (Å²) in [6.45, 7) is 4.52. The number of aromatic nitrogens is 2. The van der Waals surface area contributed by atoms with Crippen LogP contribution < -0.4 is 0 Å². The molecule has 0 aliphatic carbocycles. The van der Waals surface area contributed by atoms with E-state index in [0.717, 1.165) is 10.9 Å². The SMILES string of the molecule is CC(C)n1cc(C(=O)/C(=C/N(C)C)CCCN=[N+]=[N-])c2cc(Br)ncc21. The third-order valence-corrected chi connectivity index (χ3v) is 4.39. The van der Waals surface area contributed by atoms with E-state index in [-0.39, 0.29) is 11.8 Å². The van der Waals surface area contributed by atoms with Gasteiger partial charge in [0.1, 0.15) is 4.60 Å². The van der Waals surface area contributed by atoms with Crippen LogP contribution in [0.25, 0.3) is 21.3 Å². The van der Waals surface area contributed by atoms with Crippen LogP contribution in [0.2, 0.25) is 0 Å². The summed E-state index contributed by atoms with van der Waals surface area (Å²) in [6.07, 6.45) is 6.71. The number of carbonyl (C=O) groups is 1. The number of azide groups is 1. The predicted octanol–water partition coefficient (Wildman–Crippen LogP) is 5.10. The van der Waals surface area contributed by atoms with Gasteiger partial charge in [-0.3, -0.25) is 4.79 Å². The van der Waals surface area contributed by atoms with Gasteiger partial charge in [0.05, 0.1) is 11.7 Å². The molecule has 2 rings (SSSR count). The van der Waals surface area contributed by atoms with Crippen molar-refractivity contribution in [3.63, 3.8) is 0 Å². The summed E-state index contributed by atoms with van der Waals surface area (Å²) in [7, 11) is 3.78. The minimum atomic E-state index is -0.0119. The Labute approximate surface area is 161 Å². The highest BCUT2D eigenvalue weighted by Gasteiger charge is 2.20. The molecule has 0 N–H and O–H groups in total. The van der Waals surface area contributed by atoms with Gasteiger partial charge in [0.25, 0.3) is 0 Å². The van der Waals surface area contributed by atoms with E-state index in [9.17, 15) is 4.79 Å². The minimum Gasteiger partial charge on any atom is -0.383 e. The van der Waals surface area contributed by atoms with Crippen molar-refractivity contribution in [3.05, 3.63) is 50.8 Å². The van der Waals surface area contributed by atoms with Crippen LogP contribution in [0.1, 0.15) is 43.1 Å². The molecule has 2 aromatic rings. The second-order valence-corrected chi connectivity index (χ2v) is 7.39. The fraction of sp³-hybridized carbons (Fsp3) is 0.444. The second kappa shape index (κ2) is 8.87. The van der Waals surface area contributed by atoms with Crippen molar-refractivity contribution in [2.24, 2.45) is 5.11 Å². The molecule has 0 fully saturated rings. The van der Waals surface area contributed by atoms with E-state index in [1.54, 1.807) is 6.20 Å². The predicted molar refractivity (Wildman–Crippen MR) is 107 cm³/mol. The van der Waals surface area contributed by atoms with Crippen molar-refractivity contribution in [2.45, 2.75) is 32.7 Å². The molecule has 0 bridgehead atoms. The highest BCUT2D eigenvalue weighted by Crippen LogP contribution is 2.29. The molecule has 0 radical (unpaired) electrons. The number of hydrogen-bond donors (Lipinski definition) is 0. The molecule has 138 valence electrons. The summed E-state index contributed by atoms with van der Waals surface area (Å²) in [6, 6.07) is 2.10. The van der Waals surface area contributed by atoms with Crippen molar-refractivity contribution in [1.29, 1.82) is 0 Å². The zero-order valence-corrected chi connectivity index (χ0v) is 17.1. The van der Waals surface area contributed by atoms with Crippen LogP contribution in [0.5, 0.6) is 0 Å². The van der Waals surface area contributed by atoms with Gasteiger partial charge < -0.3 is 9.47 Å². The van der Waals surface area contributed by atoms with E-state index in [1.807, 2.05) is 37.5 Å². The van der Waals surface area contributed by atoms with E-state index in [4.69, 9.17) is 5.53 Å². The molecule has 0 aliphatic rings. The smallest absolute Gasteiger partial charge is 0.192 e. The van der Waals surface area contributed by atoms with Crippen LogP contribution >= 0.6 is 15.9 Å². The maximum atomic E-state index is 13.3. The van der Waals surface area contributed by atoms with Gasteiger partial charge in [-0.05, 0) is 54.2 Å². The zero-order chi connectivity index (χ0) is 19.3. The number of pyridine rings is 1. The number of Topliss-reactive ketones (excluding diaryl/α,β-unsaturated/α-hetero) is 1. The molecule has 7 nitrogen and oxygen atoms in total. The summed E-state index contributed by atoms with van der Waals surface area (Å²) in [5.41, 5.74) is 10.7. The van der Waals surface area contributed by atoms with Crippen LogP contribution in [-0.2, 0) is 0 Å². The van der Waals surface area contributed by atoms with Gasteiger partial charge in [-0.1, -0.05) is 5.11 Å². The quantitative estimate of drug-likeness (QED) is 0.113. The number of carbonyl (C=O) groups excluding carboxylic acids is 1. The van der Waals surface area contributed by atoms with Crippen LogP contribution in [0, 0.1) is 0 Å². The van der Waals surface area contributed by atoms with Crippen molar-refractivity contribution in [1.82, 2.24) is 14.5 Å². The first-order valence-corrected chi connectivity index (χ1v) is 9.23. The minimum absolute atomic E-state index is 0.0119. The normalized spacial score (nSPS) is 11.7. The Morgan fingerprint density at radius 3 is 2.85 bits per heavy atom. The van der Waals surface area contributed by atoms with Crippen LogP contribution in [0.3, 0.4) is 0 Å². The Bertz CT molecular complexity index is 877. The lowest BCUT2D eigenvalue weighted by atomic mass is 10.00. The number of ketones is 1. The van der Waals surface area contributed by atoms with Crippen molar-refractivity contribution < 1.29 is 4.79 Å². The average molecular weight is 419 g/mol. The summed E-state index contributed by atoms with van der Waals surface area (Å²) >= 11 is 3.40. The molecule has 2 aromatic heterocycles. The van der Waals surface area contributed by atoms with Gasteiger partial charge in [-0.2, -0.15) is 0 Å². The summed E-state index contributed by atoms with van der Waals surface area (Å²) in [5, 5.41) is 4.43. The number of allylic oxidation sites excluding steroid dienone is 1. The molecule has 0 saturated carbocycles. The van der Waals surface area contributed by atoms with E-state index < -0.39 is 0 Å². The first-order valence-electron chi connectivity index (χ1n) is 8.44. The molecule has 0 unspecified atom stereocenters. The molecule has 0 aromatic carbocycles. The Hall–Kier alpha value is -2.31. The average Bonchev–Trinajstić information content (AvgIpc) is 2.95. The first-order chi connectivity index (χ1) is 12.3. The molecule has 2 heterocycles. The van der Waals surface area contributed by atoms with Crippen LogP contribution in [-0.4, -0.2) is 40.9 Å². The molecular weight excluding hydrogens is 396 g/mol. The third kappa shape index (κ3) is 4.65. The molecule has 0 atom stereocenters. The van der Waals surface area contributed by atoms with Crippen LogP contribution in [0.15, 0.2) is 40.0 Å². The molecule has 0 spiro atoms. The fourth-order valence-electron chi connectivity index (χ4n) is 2.84. The highest BCUT2D eigenvalue weighted by atomic mass is 79.9. The molecule has 8 heteroatoms. The third-order valence-electron chi connectivity index (χ3n) is 3.96. The summed E-state index contributed by atoms with van der Waals surface area (Å²) in [5.74, 6) is -0.0119. The highest BCUT2D eigenvalue weighted by molar-refractivity contribution is 9.10. The lowest BCUT2D eigenvalue weighted by Crippen LogP contribution is -2.10. The monoisotopic (exact) mass is 418 g/mol. The number of hydrogen-bond acceptors (Lipinski definition) is 4. The Kier molecular flexibility index (Phi) is 6.83.